The third-order valence-electron chi connectivity index (χ3n) is 3.16. The number of nitrogens with one attached hydrogen (secondary N) is 2. The molecule has 1 aromatic carbocycles. The summed E-state index contributed by atoms with van der Waals surface area (Å²) >= 11 is 0. The summed E-state index contributed by atoms with van der Waals surface area (Å²) < 4.78 is 36.8. The molecule has 2 rings (SSSR count). The number of ether oxygens (including phenoxy) is 2. The summed E-state index contributed by atoms with van der Waals surface area (Å²) in [6.45, 7) is -0.476. The average Bonchev–Trinajstić information content (AvgIpc) is 2.66. The zero-order valence-electron chi connectivity index (χ0n) is 14.2. The van der Waals surface area contributed by atoms with Gasteiger partial charge in [0.25, 0.3) is 5.91 Å². The van der Waals surface area contributed by atoms with Crippen molar-refractivity contribution in [1.29, 1.82) is 0 Å². The molecule has 0 saturated heterocycles. The highest BCUT2D eigenvalue weighted by Crippen LogP contribution is 2.29. The number of rotatable bonds is 8. The third-order valence-corrected chi connectivity index (χ3v) is 4.56. The maximum absolute atomic E-state index is 12.3. The number of methoxy groups -OCH3 is 2. The number of hydrazone groups is 1. The molecule has 0 atom stereocenters. The summed E-state index contributed by atoms with van der Waals surface area (Å²) in [6, 6.07) is 9.34. The van der Waals surface area contributed by atoms with Crippen LogP contribution in [-0.4, -0.2) is 46.3 Å². The second-order valence-corrected chi connectivity index (χ2v) is 6.66. The van der Waals surface area contributed by atoms with Crippen LogP contribution in [0.15, 0.2) is 52.6 Å². The number of benzene rings is 1. The Bertz CT molecular complexity index is 885. The molecule has 138 valence electrons. The summed E-state index contributed by atoms with van der Waals surface area (Å²) in [7, 11) is -1.06. The molecule has 2 aromatic rings. The van der Waals surface area contributed by atoms with Gasteiger partial charge in [0, 0.05) is 12.3 Å². The van der Waals surface area contributed by atoms with E-state index >= 15 is 0 Å². The first-order valence-electron chi connectivity index (χ1n) is 7.41. The molecule has 0 aliphatic carbocycles. The molecule has 0 spiro atoms. The molecule has 0 aliphatic heterocycles. The van der Waals surface area contributed by atoms with E-state index < -0.39 is 22.5 Å². The molecule has 0 unspecified atom stereocenters. The lowest BCUT2D eigenvalue weighted by Crippen LogP contribution is -2.34. The van der Waals surface area contributed by atoms with Crippen molar-refractivity contribution in [3.8, 4) is 11.5 Å². The molecule has 0 fully saturated rings. The molecule has 0 aliphatic rings. The number of amides is 1. The van der Waals surface area contributed by atoms with E-state index in [1.807, 2.05) is 0 Å². The summed E-state index contributed by atoms with van der Waals surface area (Å²) in [6.07, 6.45) is 2.93. The van der Waals surface area contributed by atoms with Gasteiger partial charge in [-0.05, 0) is 24.3 Å². The van der Waals surface area contributed by atoms with Crippen molar-refractivity contribution in [3.63, 3.8) is 0 Å². The number of sulfonamides is 1. The molecule has 0 saturated carbocycles. The van der Waals surface area contributed by atoms with Gasteiger partial charge >= 0.3 is 0 Å². The van der Waals surface area contributed by atoms with Crippen molar-refractivity contribution in [1.82, 2.24) is 15.1 Å². The summed E-state index contributed by atoms with van der Waals surface area (Å²) in [5.74, 6) is 0.0362. The second kappa shape index (κ2) is 8.92. The van der Waals surface area contributed by atoms with Gasteiger partial charge in [0.05, 0.1) is 37.6 Å². The maximum atomic E-state index is 12.3. The van der Waals surface area contributed by atoms with E-state index in [1.54, 1.807) is 24.4 Å². The molecule has 9 nitrogen and oxygen atoms in total. The Hall–Kier alpha value is -2.98. The number of hydrogen-bond donors (Lipinski definition) is 2. The molecule has 1 heterocycles. The Kier molecular flexibility index (Phi) is 6.64. The molecular weight excluding hydrogens is 360 g/mol. The van der Waals surface area contributed by atoms with Gasteiger partial charge in [-0.15, -0.1) is 0 Å². The van der Waals surface area contributed by atoms with Crippen LogP contribution in [0.5, 0.6) is 11.5 Å². The molecule has 26 heavy (non-hydrogen) atoms. The Labute approximate surface area is 151 Å². The monoisotopic (exact) mass is 378 g/mol. The number of hydrogen-bond acceptors (Lipinski definition) is 7. The quantitative estimate of drug-likeness (QED) is 0.511. The van der Waals surface area contributed by atoms with Crippen LogP contribution in [0.3, 0.4) is 0 Å². The molecule has 0 bridgehead atoms. The Balaban J connectivity index is 1.95. The minimum Gasteiger partial charge on any atom is -0.493 e. The minimum absolute atomic E-state index is 0.0556. The first-order valence-corrected chi connectivity index (χ1v) is 8.89. The summed E-state index contributed by atoms with van der Waals surface area (Å²) in [5, 5.41) is 3.71. The number of nitrogens with zero attached hydrogens (tertiary/aromatic N) is 2. The van der Waals surface area contributed by atoms with Crippen molar-refractivity contribution in [2.75, 3.05) is 20.8 Å². The normalized spacial score (nSPS) is 11.3. The van der Waals surface area contributed by atoms with Crippen molar-refractivity contribution < 1.29 is 22.7 Å². The maximum Gasteiger partial charge on any atom is 0.255 e. The average molecular weight is 378 g/mol. The minimum atomic E-state index is -3.90. The highest BCUT2D eigenvalue weighted by Gasteiger charge is 2.18. The topological polar surface area (TPSA) is 119 Å². The van der Waals surface area contributed by atoms with E-state index in [-0.39, 0.29) is 10.6 Å². The predicted octanol–water partition coefficient (Wildman–Crippen LogP) is 0.527. The fourth-order valence-corrected chi connectivity index (χ4v) is 2.89. The zero-order chi connectivity index (χ0) is 19.0. The fourth-order valence-electron chi connectivity index (χ4n) is 1.89. The van der Waals surface area contributed by atoms with Crippen LogP contribution in [0, 0.1) is 0 Å². The molecule has 10 heteroatoms. The van der Waals surface area contributed by atoms with Crippen LogP contribution >= 0.6 is 0 Å². The number of carbonyl (C=O) groups excluding carboxylic acids is 1. The molecule has 1 aromatic heterocycles. The molecule has 1 amide bonds. The van der Waals surface area contributed by atoms with Gasteiger partial charge in [-0.2, -0.15) is 5.10 Å². The van der Waals surface area contributed by atoms with Crippen LogP contribution in [0.25, 0.3) is 0 Å². The Morgan fingerprint density at radius 3 is 2.62 bits per heavy atom. The Morgan fingerprint density at radius 2 is 1.96 bits per heavy atom. The Morgan fingerprint density at radius 1 is 1.19 bits per heavy atom. The smallest absolute Gasteiger partial charge is 0.255 e. The van der Waals surface area contributed by atoms with Crippen LogP contribution < -0.4 is 19.6 Å². The molecular formula is C16H18N4O5S. The van der Waals surface area contributed by atoms with Gasteiger partial charge in [0.2, 0.25) is 10.0 Å². The second-order valence-electron chi connectivity index (χ2n) is 4.89. The standard InChI is InChI=1S/C16H18N4O5S/c1-24-14-7-6-13(9-15(14)25-2)26(22,23)19-11-16(21)20-18-10-12-5-3-4-8-17-12/h3-10,19H,11H2,1-2H3,(H,20,21)/b18-10-. The van der Waals surface area contributed by atoms with Gasteiger partial charge in [0.15, 0.2) is 11.5 Å². The van der Waals surface area contributed by atoms with Crippen LogP contribution in [-0.2, 0) is 14.8 Å². The van der Waals surface area contributed by atoms with E-state index in [1.165, 1.54) is 38.6 Å². The van der Waals surface area contributed by atoms with E-state index in [9.17, 15) is 13.2 Å². The zero-order valence-corrected chi connectivity index (χ0v) is 15.0. The number of aromatic nitrogens is 1. The SMILES string of the molecule is COc1ccc(S(=O)(=O)NCC(=O)N/N=C\c2ccccn2)cc1OC. The lowest BCUT2D eigenvalue weighted by atomic mass is 10.3. The van der Waals surface area contributed by atoms with Crippen LogP contribution in [0.2, 0.25) is 0 Å². The third kappa shape index (κ3) is 5.26. The van der Waals surface area contributed by atoms with Gasteiger partial charge in [-0.3, -0.25) is 9.78 Å². The van der Waals surface area contributed by atoms with Gasteiger partial charge in [0.1, 0.15) is 0 Å². The number of carbonyl (C=O) groups is 1. The van der Waals surface area contributed by atoms with E-state index in [2.05, 4.69) is 20.2 Å². The van der Waals surface area contributed by atoms with Gasteiger partial charge < -0.3 is 9.47 Å². The van der Waals surface area contributed by atoms with Crippen molar-refractivity contribution in [2.24, 2.45) is 5.10 Å². The fraction of sp³-hybridized carbons (Fsp3) is 0.188. The van der Waals surface area contributed by atoms with Crippen molar-refractivity contribution in [3.05, 3.63) is 48.3 Å². The van der Waals surface area contributed by atoms with E-state index in [0.717, 1.165) is 0 Å². The summed E-state index contributed by atoms with van der Waals surface area (Å²) in [4.78, 5) is 15.7. The van der Waals surface area contributed by atoms with Crippen molar-refractivity contribution in [2.45, 2.75) is 4.90 Å². The van der Waals surface area contributed by atoms with Crippen molar-refractivity contribution >= 4 is 22.1 Å². The predicted molar refractivity (Wildman–Crippen MR) is 94.7 cm³/mol. The lowest BCUT2D eigenvalue weighted by molar-refractivity contribution is -0.119. The number of pyridine rings is 1. The van der Waals surface area contributed by atoms with Crippen LogP contribution in [0.4, 0.5) is 0 Å². The molecule has 2 N–H and O–H groups in total. The first kappa shape index (κ1) is 19.3. The van der Waals surface area contributed by atoms with E-state index in [4.69, 9.17) is 9.47 Å². The van der Waals surface area contributed by atoms with Gasteiger partial charge in [-0.1, -0.05) is 6.07 Å². The summed E-state index contributed by atoms with van der Waals surface area (Å²) in [5.41, 5.74) is 2.77. The highest BCUT2D eigenvalue weighted by molar-refractivity contribution is 7.89. The van der Waals surface area contributed by atoms with E-state index in [0.29, 0.717) is 11.4 Å². The lowest BCUT2D eigenvalue weighted by Gasteiger charge is -2.10. The largest absolute Gasteiger partial charge is 0.493 e. The highest BCUT2D eigenvalue weighted by atomic mass is 32.2. The van der Waals surface area contributed by atoms with Gasteiger partial charge in [-0.25, -0.2) is 18.6 Å². The van der Waals surface area contributed by atoms with Crippen LogP contribution in [0.1, 0.15) is 5.69 Å². The first-order chi connectivity index (χ1) is 12.5. The molecule has 0 radical (unpaired) electrons.